The van der Waals surface area contributed by atoms with Crippen molar-refractivity contribution in [3.05, 3.63) is 31.9 Å². The van der Waals surface area contributed by atoms with Crippen molar-refractivity contribution >= 4 is 21.7 Å². The lowest BCUT2D eigenvalue weighted by atomic mass is 10.1. The van der Waals surface area contributed by atoms with Gasteiger partial charge in [0.15, 0.2) is 0 Å². The minimum atomic E-state index is -2.90. The SMILES string of the molecule is N#CCc1cnc([N+](=O)[O-])c(Br)c1C(F)F. The van der Waals surface area contributed by atoms with Gasteiger partial charge in [-0.15, -0.1) is 0 Å². The topological polar surface area (TPSA) is 79.8 Å². The van der Waals surface area contributed by atoms with Crippen LogP contribution in [0.5, 0.6) is 0 Å². The molecule has 8 heteroatoms. The number of hydrogen-bond acceptors (Lipinski definition) is 4. The van der Waals surface area contributed by atoms with Gasteiger partial charge in [-0.1, -0.05) is 0 Å². The van der Waals surface area contributed by atoms with Crippen LogP contribution in [0.25, 0.3) is 0 Å². The standard InChI is InChI=1S/C8H4BrF2N3O2/c9-6-5(7(10)11)4(1-2-12)3-13-8(6)14(15)16/h3,7H,1H2. The molecule has 84 valence electrons. The number of nitrogens with zero attached hydrogens (tertiary/aromatic N) is 3. The third-order valence-electron chi connectivity index (χ3n) is 1.78. The lowest BCUT2D eigenvalue weighted by Gasteiger charge is -2.06. The van der Waals surface area contributed by atoms with E-state index in [2.05, 4.69) is 20.9 Å². The van der Waals surface area contributed by atoms with Crippen LogP contribution in [-0.2, 0) is 6.42 Å². The Morgan fingerprint density at radius 1 is 1.69 bits per heavy atom. The van der Waals surface area contributed by atoms with Gasteiger partial charge in [0.25, 0.3) is 6.43 Å². The molecule has 0 atom stereocenters. The van der Waals surface area contributed by atoms with Crippen LogP contribution >= 0.6 is 15.9 Å². The molecule has 1 heterocycles. The highest BCUT2D eigenvalue weighted by Crippen LogP contribution is 2.35. The van der Waals surface area contributed by atoms with Crippen LogP contribution in [-0.4, -0.2) is 9.91 Å². The van der Waals surface area contributed by atoms with Gasteiger partial charge >= 0.3 is 5.82 Å². The molecule has 1 aromatic rings. The van der Waals surface area contributed by atoms with Crippen LogP contribution in [0.3, 0.4) is 0 Å². The van der Waals surface area contributed by atoms with E-state index >= 15 is 0 Å². The molecule has 0 N–H and O–H groups in total. The number of hydrogen-bond donors (Lipinski definition) is 0. The van der Waals surface area contributed by atoms with Gasteiger partial charge in [0, 0.05) is 11.1 Å². The van der Waals surface area contributed by atoms with E-state index in [1.54, 1.807) is 6.07 Å². The Bertz CT molecular complexity index is 473. The van der Waals surface area contributed by atoms with Crippen molar-refractivity contribution in [2.24, 2.45) is 0 Å². The summed E-state index contributed by atoms with van der Waals surface area (Å²) in [6, 6.07) is 1.69. The molecule has 5 nitrogen and oxygen atoms in total. The molecule has 0 amide bonds. The van der Waals surface area contributed by atoms with Gasteiger partial charge in [-0.2, -0.15) is 5.26 Å². The van der Waals surface area contributed by atoms with Crippen molar-refractivity contribution < 1.29 is 13.7 Å². The number of halogens is 3. The van der Waals surface area contributed by atoms with Gasteiger partial charge in [-0.3, -0.25) is 0 Å². The van der Waals surface area contributed by atoms with Gasteiger partial charge in [-0.05, 0) is 25.8 Å². The van der Waals surface area contributed by atoms with Crippen molar-refractivity contribution in [1.82, 2.24) is 4.98 Å². The summed E-state index contributed by atoms with van der Waals surface area (Å²) in [7, 11) is 0. The first kappa shape index (κ1) is 12.4. The Balaban J connectivity index is 3.42. The average Bonchev–Trinajstić information content (AvgIpc) is 2.17. The predicted octanol–water partition coefficient (Wildman–Crippen LogP) is 2.76. The first-order chi connectivity index (χ1) is 7.49. The first-order valence-corrected chi connectivity index (χ1v) is 4.75. The molecule has 0 fully saturated rings. The van der Waals surface area contributed by atoms with E-state index in [1.165, 1.54) is 0 Å². The number of alkyl halides is 2. The monoisotopic (exact) mass is 291 g/mol. The van der Waals surface area contributed by atoms with E-state index in [0.29, 0.717) is 0 Å². The van der Waals surface area contributed by atoms with Crippen LogP contribution < -0.4 is 0 Å². The summed E-state index contributed by atoms with van der Waals surface area (Å²) in [5, 5.41) is 18.9. The zero-order chi connectivity index (χ0) is 12.3. The van der Waals surface area contributed by atoms with Crippen molar-refractivity contribution in [2.75, 3.05) is 0 Å². The summed E-state index contributed by atoms with van der Waals surface area (Å²) in [6.07, 6.45) is -2.25. The third-order valence-corrected chi connectivity index (χ3v) is 2.56. The summed E-state index contributed by atoms with van der Waals surface area (Å²) < 4.78 is 25.0. The fourth-order valence-corrected chi connectivity index (χ4v) is 1.79. The second-order valence-corrected chi connectivity index (χ2v) is 3.52. The van der Waals surface area contributed by atoms with Crippen LogP contribution in [0, 0.1) is 21.4 Å². The summed E-state index contributed by atoms with van der Waals surface area (Å²) in [5.41, 5.74) is -0.571. The van der Waals surface area contributed by atoms with Crippen molar-refractivity contribution in [3.63, 3.8) is 0 Å². The summed E-state index contributed by atoms with van der Waals surface area (Å²) in [6.45, 7) is 0. The second-order valence-electron chi connectivity index (χ2n) is 2.73. The highest BCUT2D eigenvalue weighted by atomic mass is 79.9. The normalized spacial score (nSPS) is 10.2. The molecule has 0 saturated heterocycles. The molecule has 0 unspecified atom stereocenters. The van der Waals surface area contributed by atoms with Gasteiger partial charge in [-0.25, -0.2) is 8.78 Å². The van der Waals surface area contributed by atoms with Crippen molar-refractivity contribution in [2.45, 2.75) is 12.8 Å². The third kappa shape index (κ3) is 2.30. The molecule has 0 spiro atoms. The van der Waals surface area contributed by atoms with Crippen LogP contribution in [0.15, 0.2) is 10.7 Å². The van der Waals surface area contributed by atoms with Crippen molar-refractivity contribution in [1.29, 1.82) is 5.26 Å². The Morgan fingerprint density at radius 2 is 2.31 bits per heavy atom. The molecule has 0 radical (unpaired) electrons. The summed E-state index contributed by atoms with van der Waals surface area (Å²) in [4.78, 5) is 13.0. The quantitative estimate of drug-likeness (QED) is 0.633. The molecule has 16 heavy (non-hydrogen) atoms. The summed E-state index contributed by atoms with van der Waals surface area (Å²) in [5.74, 6) is -0.683. The molecule has 0 bridgehead atoms. The minimum Gasteiger partial charge on any atom is -0.358 e. The van der Waals surface area contributed by atoms with E-state index in [4.69, 9.17) is 5.26 Å². The molecule has 0 aliphatic rings. The van der Waals surface area contributed by atoms with Gasteiger partial charge < -0.3 is 10.1 Å². The molecular formula is C8H4BrF2N3O2. The van der Waals surface area contributed by atoms with Gasteiger partial charge in [0.1, 0.15) is 10.7 Å². The van der Waals surface area contributed by atoms with E-state index in [-0.39, 0.29) is 16.5 Å². The Labute approximate surface area is 97.0 Å². The molecular weight excluding hydrogens is 288 g/mol. The van der Waals surface area contributed by atoms with Crippen LogP contribution in [0.1, 0.15) is 17.6 Å². The number of pyridine rings is 1. The largest absolute Gasteiger partial charge is 0.378 e. The smallest absolute Gasteiger partial charge is 0.358 e. The van der Waals surface area contributed by atoms with Gasteiger partial charge in [0.05, 0.1) is 12.5 Å². The Morgan fingerprint density at radius 3 is 2.75 bits per heavy atom. The Hall–Kier alpha value is -1.62. The lowest BCUT2D eigenvalue weighted by Crippen LogP contribution is -2.02. The molecule has 0 aromatic carbocycles. The lowest BCUT2D eigenvalue weighted by molar-refractivity contribution is -0.390. The van der Waals surface area contributed by atoms with E-state index in [9.17, 15) is 18.9 Å². The predicted molar refractivity (Wildman–Crippen MR) is 52.9 cm³/mol. The fourth-order valence-electron chi connectivity index (χ4n) is 1.12. The number of nitriles is 1. The molecule has 1 aromatic heterocycles. The second kappa shape index (κ2) is 4.94. The molecule has 1 rings (SSSR count). The zero-order valence-electron chi connectivity index (χ0n) is 7.65. The highest BCUT2D eigenvalue weighted by molar-refractivity contribution is 9.10. The number of aromatic nitrogens is 1. The number of rotatable bonds is 3. The zero-order valence-corrected chi connectivity index (χ0v) is 9.24. The fraction of sp³-hybridized carbons (Fsp3) is 0.250. The van der Waals surface area contributed by atoms with Crippen molar-refractivity contribution in [3.8, 4) is 6.07 Å². The first-order valence-electron chi connectivity index (χ1n) is 3.95. The maximum atomic E-state index is 12.7. The van der Waals surface area contributed by atoms with E-state index in [0.717, 1.165) is 6.20 Å². The van der Waals surface area contributed by atoms with E-state index in [1.807, 2.05) is 0 Å². The highest BCUT2D eigenvalue weighted by Gasteiger charge is 2.26. The maximum Gasteiger partial charge on any atom is 0.378 e. The maximum absolute atomic E-state index is 12.7. The molecule has 0 saturated carbocycles. The van der Waals surface area contributed by atoms with Crippen LogP contribution in [0.2, 0.25) is 0 Å². The average molecular weight is 292 g/mol. The minimum absolute atomic E-state index is 0.0185. The van der Waals surface area contributed by atoms with Gasteiger partial charge in [0.2, 0.25) is 0 Å². The number of nitro groups is 1. The molecule has 0 aliphatic heterocycles. The molecule has 0 aliphatic carbocycles. The van der Waals surface area contributed by atoms with Crippen LogP contribution in [0.4, 0.5) is 14.6 Å². The van der Waals surface area contributed by atoms with E-state index < -0.39 is 22.7 Å². The summed E-state index contributed by atoms with van der Waals surface area (Å²) >= 11 is 2.71. The Kier molecular flexibility index (Phi) is 3.84.